The lowest BCUT2D eigenvalue weighted by molar-refractivity contribution is 0.0992. The molecule has 142 valence electrons. The van der Waals surface area contributed by atoms with Gasteiger partial charge in [0, 0.05) is 25.1 Å². The lowest BCUT2D eigenvalue weighted by Crippen LogP contribution is -2.26. The third-order valence-electron chi connectivity index (χ3n) is 4.30. The SMILES string of the molecule is COc1ccc(C)cc1NC(=O)c1cncc(C(=O)N(C)c2ccccc2)c1. The number of carbonyl (C=O) groups excluding carboxylic acids is 2. The van der Waals surface area contributed by atoms with Crippen LogP contribution in [0.2, 0.25) is 0 Å². The molecule has 3 rings (SSSR count). The number of amides is 2. The molecule has 0 fully saturated rings. The van der Waals surface area contributed by atoms with Crippen LogP contribution >= 0.6 is 0 Å². The maximum absolute atomic E-state index is 12.8. The Hall–Kier alpha value is -3.67. The van der Waals surface area contributed by atoms with Crippen molar-refractivity contribution in [1.82, 2.24) is 4.98 Å². The fraction of sp³-hybridized carbons (Fsp3) is 0.136. The first-order valence-corrected chi connectivity index (χ1v) is 8.73. The highest BCUT2D eigenvalue weighted by Crippen LogP contribution is 2.26. The summed E-state index contributed by atoms with van der Waals surface area (Å²) in [6, 6.07) is 16.3. The van der Waals surface area contributed by atoms with E-state index in [0.29, 0.717) is 17.0 Å². The molecule has 0 atom stereocenters. The lowest BCUT2D eigenvalue weighted by atomic mass is 10.1. The summed E-state index contributed by atoms with van der Waals surface area (Å²) >= 11 is 0. The molecule has 6 heteroatoms. The summed E-state index contributed by atoms with van der Waals surface area (Å²) in [7, 11) is 3.22. The maximum atomic E-state index is 12.8. The molecular weight excluding hydrogens is 354 g/mol. The Morgan fingerprint density at radius 3 is 2.43 bits per heavy atom. The second-order valence-electron chi connectivity index (χ2n) is 6.32. The average Bonchev–Trinajstić information content (AvgIpc) is 2.73. The fourth-order valence-electron chi connectivity index (χ4n) is 2.76. The van der Waals surface area contributed by atoms with Crippen LogP contribution in [0.25, 0.3) is 0 Å². The van der Waals surface area contributed by atoms with Gasteiger partial charge in [0.25, 0.3) is 11.8 Å². The smallest absolute Gasteiger partial charge is 0.259 e. The van der Waals surface area contributed by atoms with Gasteiger partial charge in [-0.15, -0.1) is 0 Å². The van der Waals surface area contributed by atoms with Gasteiger partial charge in [0.1, 0.15) is 5.75 Å². The topological polar surface area (TPSA) is 71.5 Å². The van der Waals surface area contributed by atoms with Crippen molar-refractivity contribution >= 4 is 23.2 Å². The van der Waals surface area contributed by atoms with Crippen LogP contribution in [0.4, 0.5) is 11.4 Å². The van der Waals surface area contributed by atoms with Gasteiger partial charge in [-0.3, -0.25) is 14.6 Å². The largest absolute Gasteiger partial charge is 0.495 e. The summed E-state index contributed by atoms with van der Waals surface area (Å²) in [5.74, 6) is -0.0575. The molecule has 0 aliphatic rings. The summed E-state index contributed by atoms with van der Waals surface area (Å²) in [4.78, 5) is 31.0. The van der Waals surface area contributed by atoms with Crippen molar-refractivity contribution < 1.29 is 14.3 Å². The van der Waals surface area contributed by atoms with E-state index in [4.69, 9.17) is 4.74 Å². The van der Waals surface area contributed by atoms with Crippen LogP contribution in [-0.2, 0) is 0 Å². The minimum Gasteiger partial charge on any atom is -0.495 e. The van der Waals surface area contributed by atoms with Crippen LogP contribution in [0.5, 0.6) is 5.75 Å². The molecule has 28 heavy (non-hydrogen) atoms. The quantitative estimate of drug-likeness (QED) is 0.733. The second-order valence-corrected chi connectivity index (χ2v) is 6.32. The normalized spacial score (nSPS) is 10.2. The zero-order valence-electron chi connectivity index (χ0n) is 16.0. The number of rotatable bonds is 5. The number of carbonyl (C=O) groups is 2. The van der Waals surface area contributed by atoms with Crippen molar-refractivity contribution in [2.24, 2.45) is 0 Å². The Bertz CT molecular complexity index is 1000. The molecule has 2 amide bonds. The van der Waals surface area contributed by atoms with E-state index in [1.165, 1.54) is 23.4 Å². The van der Waals surface area contributed by atoms with E-state index in [-0.39, 0.29) is 17.4 Å². The van der Waals surface area contributed by atoms with Gasteiger partial charge >= 0.3 is 0 Å². The molecule has 0 bridgehead atoms. The highest BCUT2D eigenvalue weighted by molar-refractivity contribution is 6.09. The second kappa shape index (κ2) is 8.35. The van der Waals surface area contributed by atoms with Gasteiger partial charge < -0.3 is 15.0 Å². The predicted molar refractivity (Wildman–Crippen MR) is 109 cm³/mol. The molecule has 0 radical (unpaired) electrons. The Morgan fingerprint density at radius 2 is 1.71 bits per heavy atom. The minimum atomic E-state index is -0.367. The third-order valence-corrected chi connectivity index (χ3v) is 4.30. The lowest BCUT2D eigenvalue weighted by Gasteiger charge is -2.17. The summed E-state index contributed by atoms with van der Waals surface area (Å²) in [5.41, 5.74) is 2.92. The van der Waals surface area contributed by atoms with Crippen molar-refractivity contribution in [3.8, 4) is 5.75 Å². The van der Waals surface area contributed by atoms with Crippen LogP contribution in [0.3, 0.4) is 0 Å². The van der Waals surface area contributed by atoms with Gasteiger partial charge in [0.15, 0.2) is 0 Å². The molecule has 1 aromatic heterocycles. The van der Waals surface area contributed by atoms with Crippen LogP contribution in [0, 0.1) is 6.92 Å². The number of nitrogens with zero attached hydrogens (tertiary/aromatic N) is 2. The van der Waals surface area contributed by atoms with Gasteiger partial charge in [0.05, 0.1) is 23.9 Å². The number of benzene rings is 2. The van der Waals surface area contributed by atoms with Crippen molar-refractivity contribution in [1.29, 1.82) is 0 Å². The predicted octanol–water partition coefficient (Wildman–Crippen LogP) is 3.93. The number of anilines is 2. The van der Waals surface area contributed by atoms with Gasteiger partial charge in [-0.05, 0) is 42.8 Å². The summed E-state index contributed by atoms with van der Waals surface area (Å²) in [5, 5.41) is 2.82. The Kier molecular flexibility index (Phi) is 5.69. The number of nitrogens with one attached hydrogen (secondary N) is 1. The number of ether oxygens (including phenoxy) is 1. The highest BCUT2D eigenvalue weighted by Gasteiger charge is 2.17. The average molecular weight is 375 g/mol. The molecule has 0 aliphatic carbocycles. The van der Waals surface area contributed by atoms with E-state index < -0.39 is 0 Å². The van der Waals surface area contributed by atoms with Crippen LogP contribution in [-0.4, -0.2) is 31.0 Å². The Morgan fingerprint density at radius 1 is 1.00 bits per heavy atom. The minimum absolute atomic E-state index is 0.249. The first-order chi connectivity index (χ1) is 13.5. The number of hydrogen-bond acceptors (Lipinski definition) is 4. The van der Waals surface area contributed by atoms with Crippen LogP contribution in [0.1, 0.15) is 26.3 Å². The van der Waals surface area contributed by atoms with E-state index >= 15 is 0 Å². The van der Waals surface area contributed by atoms with E-state index in [1.54, 1.807) is 20.2 Å². The molecule has 0 saturated heterocycles. The highest BCUT2D eigenvalue weighted by atomic mass is 16.5. The van der Waals surface area contributed by atoms with E-state index in [1.807, 2.05) is 49.4 Å². The van der Waals surface area contributed by atoms with E-state index in [9.17, 15) is 9.59 Å². The summed E-state index contributed by atoms with van der Waals surface area (Å²) in [6.45, 7) is 1.93. The monoisotopic (exact) mass is 375 g/mol. The molecular formula is C22H21N3O3. The summed E-state index contributed by atoms with van der Waals surface area (Å²) in [6.07, 6.45) is 2.88. The van der Waals surface area contributed by atoms with Crippen molar-refractivity contribution in [2.75, 3.05) is 24.4 Å². The van der Waals surface area contributed by atoms with Gasteiger partial charge in [-0.1, -0.05) is 24.3 Å². The van der Waals surface area contributed by atoms with Crippen molar-refractivity contribution in [3.05, 3.63) is 83.7 Å². The van der Waals surface area contributed by atoms with E-state index in [0.717, 1.165) is 11.3 Å². The van der Waals surface area contributed by atoms with Crippen molar-refractivity contribution in [2.45, 2.75) is 6.92 Å². The Balaban J connectivity index is 1.82. The van der Waals surface area contributed by atoms with E-state index in [2.05, 4.69) is 10.3 Å². The Labute approximate surface area is 163 Å². The van der Waals surface area contributed by atoms with Crippen LogP contribution < -0.4 is 15.0 Å². The molecule has 2 aromatic carbocycles. The number of aryl methyl sites for hydroxylation is 1. The molecule has 0 unspecified atom stereocenters. The number of pyridine rings is 1. The number of para-hydroxylation sites is 1. The molecule has 0 saturated carbocycles. The fourth-order valence-corrected chi connectivity index (χ4v) is 2.76. The zero-order valence-corrected chi connectivity index (χ0v) is 16.0. The van der Waals surface area contributed by atoms with Crippen LogP contribution in [0.15, 0.2) is 67.0 Å². The summed E-state index contributed by atoms with van der Waals surface area (Å²) < 4.78 is 5.29. The zero-order chi connectivity index (χ0) is 20.1. The molecule has 3 aromatic rings. The number of hydrogen-bond donors (Lipinski definition) is 1. The van der Waals surface area contributed by atoms with Gasteiger partial charge in [-0.25, -0.2) is 0 Å². The molecule has 0 aliphatic heterocycles. The molecule has 1 N–H and O–H groups in total. The first kappa shape index (κ1) is 19.1. The third kappa shape index (κ3) is 4.17. The molecule has 1 heterocycles. The molecule has 6 nitrogen and oxygen atoms in total. The first-order valence-electron chi connectivity index (χ1n) is 8.73. The number of aromatic nitrogens is 1. The molecule has 0 spiro atoms. The number of methoxy groups -OCH3 is 1. The van der Waals surface area contributed by atoms with Gasteiger partial charge in [-0.2, -0.15) is 0 Å². The maximum Gasteiger partial charge on any atom is 0.259 e. The van der Waals surface area contributed by atoms with Gasteiger partial charge in [0.2, 0.25) is 0 Å². The standard InChI is InChI=1S/C22H21N3O3/c1-15-9-10-20(28-3)19(11-15)24-21(26)16-12-17(14-23-13-16)22(27)25(2)18-7-5-4-6-8-18/h4-14H,1-3H3,(H,24,26). The van der Waals surface area contributed by atoms with Crippen molar-refractivity contribution in [3.63, 3.8) is 0 Å².